The second-order valence-corrected chi connectivity index (χ2v) is 11.2. The van der Waals surface area contributed by atoms with Crippen LogP contribution in [-0.4, -0.2) is 19.9 Å². The molecule has 8 aromatic rings. The van der Waals surface area contributed by atoms with Gasteiger partial charge >= 0.3 is 0 Å². The quantitative estimate of drug-likeness (QED) is 0.194. The van der Waals surface area contributed by atoms with Gasteiger partial charge in [-0.1, -0.05) is 115 Å². The summed E-state index contributed by atoms with van der Waals surface area (Å²) in [4.78, 5) is 19.4. The van der Waals surface area contributed by atoms with Crippen LogP contribution in [0.2, 0.25) is 0 Å². The van der Waals surface area contributed by atoms with Crippen LogP contribution in [0.15, 0.2) is 170 Å². The monoisotopic (exact) mass is 588 g/mol. The molecule has 0 aliphatic rings. The lowest BCUT2D eigenvalue weighted by Crippen LogP contribution is -1.97. The summed E-state index contributed by atoms with van der Waals surface area (Å²) in [5.74, 6) is 0.681. The zero-order valence-electron chi connectivity index (χ0n) is 25.0. The fourth-order valence-electron chi connectivity index (χ4n) is 5.89. The molecule has 0 amide bonds. The molecule has 0 N–H and O–H groups in total. The van der Waals surface area contributed by atoms with Gasteiger partial charge in [-0.2, -0.15) is 0 Å². The standard InChI is InChI=1S/C42H28N4/c1-3-10-29(11-4-1)30-18-20-31(21-19-30)39-27-40(46-42(45-39)33-12-5-2-6-13-33)37-25-35(34-16-8-22-43-28-34)24-36(26-37)38-17-7-14-32-15-9-23-44-41(32)38/h1-28H. The van der Waals surface area contributed by atoms with Crippen molar-refractivity contribution in [2.75, 3.05) is 0 Å². The topological polar surface area (TPSA) is 51.6 Å². The lowest BCUT2D eigenvalue weighted by Gasteiger charge is -2.14. The van der Waals surface area contributed by atoms with Crippen molar-refractivity contribution in [1.82, 2.24) is 19.9 Å². The van der Waals surface area contributed by atoms with Crippen molar-refractivity contribution < 1.29 is 0 Å². The van der Waals surface area contributed by atoms with Gasteiger partial charge in [0.1, 0.15) is 0 Å². The summed E-state index contributed by atoms with van der Waals surface area (Å²) >= 11 is 0. The molecule has 3 heterocycles. The molecule has 0 saturated carbocycles. The van der Waals surface area contributed by atoms with Crippen molar-refractivity contribution in [3.63, 3.8) is 0 Å². The van der Waals surface area contributed by atoms with Crippen LogP contribution in [-0.2, 0) is 0 Å². The van der Waals surface area contributed by atoms with Gasteiger partial charge in [0, 0.05) is 51.8 Å². The molecule has 4 heteroatoms. The van der Waals surface area contributed by atoms with Gasteiger partial charge in [-0.15, -0.1) is 0 Å². The molecular weight excluding hydrogens is 560 g/mol. The van der Waals surface area contributed by atoms with E-state index in [4.69, 9.17) is 15.0 Å². The van der Waals surface area contributed by atoms with E-state index in [9.17, 15) is 0 Å². The molecule has 216 valence electrons. The highest BCUT2D eigenvalue weighted by atomic mass is 14.9. The maximum atomic E-state index is 5.15. The fraction of sp³-hybridized carbons (Fsp3) is 0. The largest absolute Gasteiger partial charge is 0.264 e. The third kappa shape index (κ3) is 5.44. The van der Waals surface area contributed by atoms with Gasteiger partial charge in [0.2, 0.25) is 0 Å². The van der Waals surface area contributed by atoms with Gasteiger partial charge in [-0.3, -0.25) is 9.97 Å². The van der Waals surface area contributed by atoms with E-state index in [0.717, 1.165) is 61.2 Å². The van der Waals surface area contributed by atoms with Crippen molar-refractivity contribution in [3.8, 4) is 67.3 Å². The van der Waals surface area contributed by atoms with E-state index in [1.807, 2.05) is 48.8 Å². The van der Waals surface area contributed by atoms with Crippen LogP contribution in [0.3, 0.4) is 0 Å². The van der Waals surface area contributed by atoms with Crippen molar-refractivity contribution in [1.29, 1.82) is 0 Å². The summed E-state index contributed by atoms with van der Waals surface area (Å²) in [6, 6.07) is 52.4. The Bertz CT molecular complexity index is 2280. The molecule has 0 radical (unpaired) electrons. The Balaban J connectivity index is 1.32. The predicted octanol–water partition coefficient (Wildman–Crippen LogP) is 10.4. The molecule has 0 fully saturated rings. The molecule has 0 saturated heterocycles. The van der Waals surface area contributed by atoms with Crippen LogP contribution in [0.5, 0.6) is 0 Å². The van der Waals surface area contributed by atoms with Crippen molar-refractivity contribution in [2.24, 2.45) is 0 Å². The van der Waals surface area contributed by atoms with Crippen molar-refractivity contribution in [3.05, 3.63) is 170 Å². The maximum absolute atomic E-state index is 5.15. The molecule has 46 heavy (non-hydrogen) atoms. The summed E-state index contributed by atoms with van der Waals surface area (Å²) in [7, 11) is 0. The summed E-state index contributed by atoms with van der Waals surface area (Å²) in [6.45, 7) is 0. The third-order valence-electron chi connectivity index (χ3n) is 8.21. The molecule has 4 nitrogen and oxygen atoms in total. The first-order valence-corrected chi connectivity index (χ1v) is 15.3. The van der Waals surface area contributed by atoms with Crippen molar-refractivity contribution >= 4 is 10.9 Å². The molecule has 0 unspecified atom stereocenters. The zero-order valence-corrected chi connectivity index (χ0v) is 25.0. The highest BCUT2D eigenvalue weighted by Gasteiger charge is 2.15. The SMILES string of the molecule is c1ccc(-c2ccc(-c3cc(-c4cc(-c5cccnc5)cc(-c5cccc6cccnc56)c4)nc(-c4ccccc4)n3)cc2)cc1. The number of fused-ring (bicyclic) bond motifs is 1. The van der Waals surface area contributed by atoms with Crippen LogP contribution in [0, 0.1) is 0 Å². The lowest BCUT2D eigenvalue weighted by atomic mass is 9.94. The number of hydrogen-bond donors (Lipinski definition) is 0. The molecule has 0 aliphatic heterocycles. The van der Waals surface area contributed by atoms with Crippen molar-refractivity contribution in [2.45, 2.75) is 0 Å². The number of aromatic nitrogens is 4. The van der Waals surface area contributed by atoms with Gasteiger partial charge in [0.05, 0.1) is 16.9 Å². The second-order valence-electron chi connectivity index (χ2n) is 11.2. The zero-order chi connectivity index (χ0) is 30.7. The van der Waals surface area contributed by atoms with Crippen LogP contribution in [0.4, 0.5) is 0 Å². The lowest BCUT2D eigenvalue weighted by molar-refractivity contribution is 1.18. The number of hydrogen-bond acceptors (Lipinski definition) is 4. The average molecular weight is 589 g/mol. The molecule has 8 rings (SSSR count). The van der Waals surface area contributed by atoms with E-state index >= 15 is 0 Å². The first kappa shape index (κ1) is 27.3. The van der Waals surface area contributed by atoms with E-state index in [2.05, 4.69) is 120 Å². The Labute approximate surface area is 267 Å². The van der Waals surface area contributed by atoms with Crippen LogP contribution < -0.4 is 0 Å². The van der Waals surface area contributed by atoms with Crippen LogP contribution in [0.25, 0.3) is 78.2 Å². The minimum atomic E-state index is 0.681. The third-order valence-corrected chi connectivity index (χ3v) is 8.21. The average Bonchev–Trinajstić information content (AvgIpc) is 3.15. The van der Waals surface area contributed by atoms with Gasteiger partial charge in [-0.25, -0.2) is 9.97 Å². The molecular formula is C42H28N4. The minimum absolute atomic E-state index is 0.681. The van der Waals surface area contributed by atoms with E-state index in [0.29, 0.717) is 5.82 Å². The number of para-hydroxylation sites is 1. The first-order chi connectivity index (χ1) is 22.8. The summed E-state index contributed by atoms with van der Waals surface area (Å²) in [5.41, 5.74) is 12.2. The number of rotatable bonds is 6. The maximum Gasteiger partial charge on any atom is 0.160 e. The van der Waals surface area contributed by atoms with Crippen LogP contribution >= 0.6 is 0 Å². The van der Waals surface area contributed by atoms with E-state index in [-0.39, 0.29) is 0 Å². The Morgan fingerprint density at radius 1 is 0.370 bits per heavy atom. The molecule has 0 bridgehead atoms. The molecule has 0 atom stereocenters. The minimum Gasteiger partial charge on any atom is -0.264 e. The Kier molecular flexibility index (Phi) is 7.14. The summed E-state index contributed by atoms with van der Waals surface area (Å²) in [6.07, 6.45) is 5.55. The highest BCUT2D eigenvalue weighted by molar-refractivity contribution is 5.95. The number of pyridine rings is 2. The Morgan fingerprint density at radius 3 is 1.74 bits per heavy atom. The first-order valence-electron chi connectivity index (χ1n) is 15.3. The Hall–Kier alpha value is -6.26. The number of nitrogens with zero attached hydrogens (tertiary/aromatic N) is 4. The van der Waals surface area contributed by atoms with E-state index in [1.165, 1.54) is 11.1 Å². The van der Waals surface area contributed by atoms with E-state index < -0.39 is 0 Å². The second kappa shape index (κ2) is 12.0. The summed E-state index contributed by atoms with van der Waals surface area (Å²) < 4.78 is 0. The number of benzene rings is 5. The Morgan fingerprint density at radius 2 is 0.978 bits per heavy atom. The van der Waals surface area contributed by atoms with E-state index in [1.54, 1.807) is 6.20 Å². The molecule has 0 spiro atoms. The molecule has 0 aliphatic carbocycles. The van der Waals surface area contributed by atoms with Gasteiger partial charge in [0.25, 0.3) is 0 Å². The van der Waals surface area contributed by atoms with Gasteiger partial charge in [-0.05, 0) is 58.7 Å². The smallest absolute Gasteiger partial charge is 0.160 e. The highest BCUT2D eigenvalue weighted by Crippen LogP contribution is 2.36. The van der Waals surface area contributed by atoms with Crippen LogP contribution in [0.1, 0.15) is 0 Å². The fourth-order valence-corrected chi connectivity index (χ4v) is 5.89. The summed E-state index contributed by atoms with van der Waals surface area (Å²) in [5, 5.41) is 1.10. The normalized spacial score (nSPS) is 11.0. The van der Waals surface area contributed by atoms with Gasteiger partial charge in [0.15, 0.2) is 5.82 Å². The molecule has 3 aromatic heterocycles. The molecule has 5 aromatic carbocycles. The van der Waals surface area contributed by atoms with Gasteiger partial charge < -0.3 is 0 Å². The predicted molar refractivity (Wildman–Crippen MR) is 188 cm³/mol.